The number of hydrogen-bond donors (Lipinski definition) is 2. The number of thiophene rings is 1. The van der Waals surface area contributed by atoms with Crippen LogP contribution in [0.25, 0.3) is 21.3 Å². The Morgan fingerprint density at radius 1 is 1.00 bits per heavy atom. The molecule has 0 aliphatic carbocycles. The Labute approximate surface area is 244 Å². The van der Waals surface area contributed by atoms with Gasteiger partial charge in [0.1, 0.15) is 0 Å². The van der Waals surface area contributed by atoms with Gasteiger partial charge in [0.15, 0.2) is 11.6 Å². The van der Waals surface area contributed by atoms with E-state index in [0.717, 1.165) is 10.1 Å². The molecule has 1 aliphatic rings. The number of aromatic nitrogens is 2. The van der Waals surface area contributed by atoms with Gasteiger partial charge in [0, 0.05) is 47.8 Å². The monoisotopic (exact) mass is 583 g/mol. The number of aryl methyl sites for hydroxylation is 1. The van der Waals surface area contributed by atoms with E-state index in [2.05, 4.69) is 15.6 Å². The zero-order chi connectivity index (χ0) is 29.2. The number of benzene rings is 3. The predicted molar refractivity (Wildman–Crippen MR) is 161 cm³/mol. The molecule has 2 N–H and O–H groups in total. The van der Waals surface area contributed by atoms with Crippen LogP contribution >= 0.6 is 11.3 Å². The molecule has 2 aromatic heterocycles. The molecule has 212 valence electrons. The molecule has 1 aliphatic heterocycles. The van der Waals surface area contributed by atoms with Gasteiger partial charge in [-0.05, 0) is 53.9 Å². The summed E-state index contributed by atoms with van der Waals surface area (Å²) in [5, 5.41) is 6.59. The number of carbonyl (C=O) groups is 2. The topological polar surface area (TPSA) is 106 Å². The lowest BCUT2D eigenvalue weighted by atomic mass is 10.1. The SMILES string of the molecule is Cn1cc(-c2cccc(NC(=O)c3cc4ccccc4s3)c2F)nc(Nc2ccc(C(=O)N3CCOCC3)cc2)c1=O. The van der Waals surface area contributed by atoms with Gasteiger partial charge >= 0.3 is 0 Å². The summed E-state index contributed by atoms with van der Waals surface area (Å²) in [4.78, 5) is 45.2. The van der Waals surface area contributed by atoms with Crippen molar-refractivity contribution in [1.29, 1.82) is 0 Å². The molecule has 1 fully saturated rings. The second-order valence-electron chi connectivity index (χ2n) is 9.77. The van der Waals surface area contributed by atoms with Crippen LogP contribution in [0.5, 0.6) is 0 Å². The molecule has 0 radical (unpaired) electrons. The van der Waals surface area contributed by atoms with Crippen molar-refractivity contribution in [2.24, 2.45) is 7.05 Å². The van der Waals surface area contributed by atoms with E-state index in [9.17, 15) is 14.4 Å². The number of anilines is 3. The van der Waals surface area contributed by atoms with Crippen LogP contribution in [0.15, 0.2) is 83.8 Å². The van der Waals surface area contributed by atoms with E-state index in [1.54, 1.807) is 48.3 Å². The van der Waals surface area contributed by atoms with Gasteiger partial charge in [0.05, 0.1) is 29.5 Å². The van der Waals surface area contributed by atoms with Gasteiger partial charge < -0.3 is 24.8 Å². The molecule has 11 heteroatoms. The third-order valence-electron chi connectivity index (χ3n) is 6.94. The molecule has 9 nitrogen and oxygen atoms in total. The molecule has 0 bridgehead atoms. The maximum Gasteiger partial charge on any atom is 0.293 e. The number of amides is 2. The highest BCUT2D eigenvalue weighted by Gasteiger charge is 2.20. The van der Waals surface area contributed by atoms with Gasteiger partial charge in [0.25, 0.3) is 17.4 Å². The minimum Gasteiger partial charge on any atom is -0.378 e. The zero-order valence-corrected chi connectivity index (χ0v) is 23.4. The Morgan fingerprint density at radius 3 is 2.52 bits per heavy atom. The highest BCUT2D eigenvalue weighted by Crippen LogP contribution is 2.30. The van der Waals surface area contributed by atoms with Crippen LogP contribution in [0.2, 0.25) is 0 Å². The number of nitrogens with one attached hydrogen (secondary N) is 2. The average Bonchev–Trinajstić information content (AvgIpc) is 3.46. The van der Waals surface area contributed by atoms with Crippen molar-refractivity contribution in [1.82, 2.24) is 14.5 Å². The van der Waals surface area contributed by atoms with E-state index in [1.807, 2.05) is 24.3 Å². The first kappa shape index (κ1) is 27.3. The lowest BCUT2D eigenvalue weighted by Gasteiger charge is -2.26. The summed E-state index contributed by atoms with van der Waals surface area (Å²) in [7, 11) is 1.55. The molecule has 5 aromatic rings. The van der Waals surface area contributed by atoms with Crippen molar-refractivity contribution in [2.75, 3.05) is 36.9 Å². The third-order valence-corrected chi connectivity index (χ3v) is 8.05. The highest BCUT2D eigenvalue weighted by molar-refractivity contribution is 7.20. The van der Waals surface area contributed by atoms with Crippen molar-refractivity contribution in [3.63, 3.8) is 0 Å². The molecule has 0 spiro atoms. The van der Waals surface area contributed by atoms with E-state index in [1.165, 1.54) is 34.2 Å². The second kappa shape index (κ2) is 11.6. The lowest BCUT2D eigenvalue weighted by molar-refractivity contribution is 0.0303. The molecule has 2 amide bonds. The molecule has 3 heterocycles. The van der Waals surface area contributed by atoms with Crippen LogP contribution in [0, 0.1) is 5.82 Å². The molecular formula is C31H26FN5O4S. The van der Waals surface area contributed by atoms with Crippen LogP contribution in [0.3, 0.4) is 0 Å². The van der Waals surface area contributed by atoms with Crippen molar-refractivity contribution in [3.05, 3.63) is 106 Å². The molecule has 3 aromatic carbocycles. The van der Waals surface area contributed by atoms with Crippen LogP contribution in [0.1, 0.15) is 20.0 Å². The lowest BCUT2D eigenvalue weighted by Crippen LogP contribution is -2.40. The van der Waals surface area contributed by atoms with Gasteiger partial charge in [-0.2, -0.15) is 0 Å². The quantitative estimate of drug-likeness (QED) is 0.282. The summed E-state index contributed by atoms with van der Waals surface area (Å²) in [6.45, 7) is 2.10. The molecule has 0 saturated carbocycles. The first-order chi connectivity index (χ1) is 20.4. The van der Waals surface area contributed by atoms with Crippen molar-refractivity contribution in [2.45, 2.75) is 0 Å². The Morgan fingerprint density at radius 2 is 1.76 bits per heavy atom. The van der Waals surface area contributed by atoms with E-state index in [-0.39, 0.29) is 28.7 Å². The number of nitrogens with zero attached hydrogens (tertiary/aromatic N) is 3. The van der Waals surface area contributed by atoms with Crippen LogP contribution in [-0.2, 0) is 11.8 Å². The fourth-order valence-corrected chi connectivity index (χ4v) is 5.66. The zero-order valence-electron chi connectivity index (χ0n) is 22.6. The molecular weight excluding hydrogens is 557 g/mol. The molecule has 42 heavy (non-hydrogen) atoms. The number of morpholine rings is 1. The second-order valence-corrected chi connectivity index (χ2v) is 10.9. The number of carbonyl (C=O) groups excluding carboxylic acids is 2. The van der Waals surface area contributed by atoms with Gasteiger partial charge in [-0.3, -0.25) is 14.4 Å². The summed E-state index contributed by atoms with van der Waals surface area (Å²) in [6.07, 6.45) is 1.44. The van der Waals surface area contributed by atoms with Gasteiger partial charge in [-0.15, -0.1) is 11.3 Å². The number of rotatable bonds is 6. The Hall–Kier alpha value is -4.87. The van der Waals surface area contributed by atoms with Crippen molar-refractivity contribution >= 4 is 50.4 Å². The third kappa shape index (κ3) is 5.52. The molecule has 0 atom stereocenters. The number of ether oxygens (including phenoxy) is 1. The first-order valence-electron chi connectivity index (χ1n) is 13.3. The Kier molecular flexibility index (Phi) is 7.51. The predicted octanol–water partition coefficient (Wildman–Crippen LogP) is 5.27. The van der Waals surface area contributed by atoms with Gasteiger partial charge in [0.2, 0.25) is 0 Å². The van der Waals surface area contributed by atoms with Gasteiger partial charge in [-0.1, -0.05) is 24.3 Å². The highest BCUT2D eigenvalue weighted by atomic mass is 32.1. The minimum atomic E-state index is -0.671. The van der Waals surface area contributed by atoms with E-state index in [0.29, 0.717) is 42.4 Å². The van der Waals surface area contributed by atoms with E-state index in [4.69, 9.17) is 4.74 Å². The number of fused-ring (bicyclic) bond motifs is 1. The maximum absolute atomic E-state index is 15.7. The average molecular weight is 584 g/mol. The van der Waals surface area contributed by atoms with E-state index < -0.39 is 17.3 Å². The Balaban J connectivity index is 1.23. The van der Waals surface area contributed by atoms with Crippen LogP contribution in [0.4, 0.5) is 21.6 Å². The molecule has 0 unspecified atom stereocenters. The van der Waals surface area contributed by atoms with E-state index >= 15 is 4.39 Å². The molecule has 6 rings (SSSR count). The molecule has 1 saturated heterocycles. The first-order valence-corrected chi connectivity index (χ1v) is 14.1. The fourth-order valence-electron chi connectivity index (χ4n) is 4.70. The fraction of sp³-hybridized carbons (Fsp3) is 0.161. The summed E-state index contributed by atoms with van der Waals surface area (Å²) in [5.41, 5.74) is 0.972. The smallest absolute Gasteiger partial charge is 0.293 e. The van der Waals surface area contributed by atoms with Crippen molar-refractivity contribution in [3.8, 4) is 11.3 Å². The van der Waals surface area contributed by atoms with Crippen LogP contribution < -0.4 is 16.2 Å². The standard InChI is InChI=1S/C31H26FN5O4S/c1-36-18-24(22-6-4-7-23(27(22)32)35-29(38)26-17-20-5-2-3-8-25(20)42-26)34-28(31(36)40)33-21-11-9-19(10-12-21)30(39)37-13-15-41-16-14-37/h2-12,17-18H,13-16H2,1H3,(H,33,34)(H,35,38). The largest absolute Gasteiger partial charge is 0.378 e. The van der Waals surface area contributed by atoms with Crippen molar-refractivity contribution < 1.29 is 18.7 Å². The summed E-state index contributed by atoms with van der Waals surface area (Å²) in [5.74, 6) is -1.19. The maximum atomic E-state index is 15.7. The number of halogens is 1. The normalized spacial score (nSPS) is 13.2. The Bertz CT molecular complexity index is 1830. The minimum absolute atomic E-state index is 0.000595. The van der Waals surface area contributed by atoms with Crippen LogP contribution in [-0.4, -0.2) is 52.6 Å². The summed E-state index contributed by atoms with van der Waals surface area (Å²) in [6, 6.07) is 20.8. The summed E-state index contributed by atoms with van der Waals surface area (Å²) < 4.78 is 23.3. The summed E-state index contributed by atoms with van der Waals surface area (Å²) >= 11 is 1.33. The number of hydrogen-bond acceptors (Lipinski definition) is 7. The van der Waals surface area contributed by atoms with Gasteiger partial charge in [-0.25, -0.2) is 9.37 Å².